The molecule has 2 N–H and O–H groups in total. The number of hydrogen-bond donors (Lipinski definition) is 2. The molecular formula is C16H22ClN5O. The van der Waals surface area contributed by atoms with Gasteiger partial charge in [0.1, 0.15) is 5.75 Å². The fraction of sp³-hybridized carbons (Fsp3) is 0.375. The molecule has 0 unspecified atom stereocenters. The highest BCUT2D eigenvalue weighted by atomic mass is 35.5. The van der Waals surface area contributed by atoms with E-state index in [2.05, 4.69) is 20.7 Å². The Morgan fingerprint density at radius 3 is 2.83 bits per heavy atom. The zero-order valence-corrected chi connectivity index (χ0v) is 14.4. The number of guanidine groups is 1. The van der Waals surface area contributed by atoms with Crippen LogP contribution in [0.3, 0.4) is 0 Å². The van der Waals surface area contributed by atoms with Gasteiger partial charge in [0, 0.05) is 30.4 Å². The lowest BCUT2D eigenvalue weighted by molar-refractivity contribution is 0.410. The van der Waals surface area contributed by atoms with Crippen LogP contribution in [0.2, 0.25) is 5.02 Å². The number of aliphatic imine (C=N–C) groups is 1. The van der Waals surface area contributed by atoms with E-state index >= 15 is 0 Å². The molecule has 7 heteroatoms. The smallest absolute Gasteiger partial charge is 0.191 e. The number of aryl methyl sites for hydroxylation is 1. The Bertz CT molecular complexity index is 668. The van der Waals surface area contributed by atoms with E-state index in [9.17, 15) is 0 Å². The average molecular weight is 336 g/mol. The summed E-state index contributed by atoms with van der Waals surface area (Å²) in [6.45, 7) is 3.97. The molecule has 0 spiro atoms. The maximum Gasteiger partial charge on any atom is 0.191 e. The highest BCUT2D eigenvalue weighted by Crippen LogP contribution is 2.23. The van der Waals surface area contributed by atoms with Gasteiger partial charge in [-0.15, -0.1) is 0 Å². The lowest BCUT2D eigenvalue weighted by Gasteiger charge is -2.12. The lowest BCUT2D eigenvalue weighted by Crippen LogP contribution is -2.37. The van der Waals surface area contributed by atoms with Crippen LogP contribution in [0, 0.1) is 0 Å². The minimum absolute atomic E-state index is 0.501. The molecule has 2 aromatic rings. The Kier molecular flexibility index (Phi) is 6.29. The van der Waals surface area contributed by atoms with Gasteiger partial charge in [-0.3, -0.25) is 4.68 Å². The number of ether oxygens (including phenoxy) is 1. The Balaban J connectivity index is 2.05. The van der Waals surface area contributed by atoms with E-state index in [0.717, 1.165) is 29.5 Å². The number of nitrogens with zero attached hydrogens (tertiary/aromatic N) is 3. The van der Waals surface area contributed by atoms with Crippen molar-refractivity contribution in [3.8, 4) is 5.75 Å². The molecule has 1 heterocycles. The molecule has 0 bridgehead atoms. The number of benzene rings is 1. The molecule has 0 atom stereocenters. The monoisotopic (exact) mass is 335 g/mol. The van der Waals surface area contributed by atoms with Crippen molar-refractivity contribution in [2.45, 2.75) is 20.0 Å². The molecule has 0 aliphatic carbocycles. The number of nitrogens with one attached hydrogen (secondary N) is 2. The van der Waals surface area contributed by atoms with Gasteiger partial charge in [-0.05, 0) is 25.1 Å². The molecule has 2 rings (SSSR count). The molecule has 0 fully saturated rings. The molecule has 1 aromatic carbocycles. The van der Waals surface area contributed by atoms with Gasteiger partial charge in [-0.25, -0.2) is 4.99 Å². The van der Waals surface area contributed by atoms with E-state index in [4.69, 9.17) is 16.3 Å². The summed E-state index contributed by atoms with van der Waals surface area (Å²) in [7, 11) is 3.55. The second-order valence-electron chi connectivity index (χ2n) is 4.95. The SMILES string of the molecule is CCNC(=NCc1ccc(Cl)cc1OC)NCc1ccnn1C. The number of hydrogen-bond acceptors (Lipinski definition) is 3. The van der Waals surface area contributed by atoms with Crippen molar-refractivity contribution in [1.29, 1.82) is 0 Å². The molecule has 0 saturated heterocycles. The summed E-state index contributed by atoms with van der Waals surface area (Å²) in [5.41, 5.74) is 2.06. The first-order valence-corrected chi connectivity index (χ1v) is 7.83. The van der Waals surface area contributed by atoms with E-state index in [0.29, 0.717) is 18.1 Å². The summed E-state index contributed by atoms with van der Waals surface area (Å²) in [5, 5.41) is 11.3. The van der Waals surface area contributed by atoms with Gasteiger partial charge in [0.15, 0.2) is 5.96 Å². The molecule has 124 valence electrons. The van der Waals surface area contributed by atoms with Gasteiger partial charge in [-0.2, -0.15) is 5.10 Å². The normalized spacial score (nSPS) is 11.4. The highest BCUT2D eigenvalue weighted by molar-refractivity contribution is 6.30. The summed E-state index contributed by atoms with van der Waals surface area (Å²) in [6.07, 6.45) is 1.78. The zero-order valence-electron chi connectivity index (χ0n) is 13.6. The third-order valence-electron chi connectivity index (χ3n) is 3.36. The summed E-state index contributed by atoms with van der Waals surface area (Å²) in [5.74, 6) is 1.48. The van der Waals surface area contributed by atoms with E-state index in [-0.39, 0.29) is 0 Å². The van der Waals surface area contributed by atoms with Crippen molar-refractivity contribution in [2.75, 3.05) is 13.7 Å². The van der Waals surface area contributed by atoms with Crippen molar-refractivity contribution in [1.82, 2.24) is 20.4 Å². The topological polar surface area (TPSA) is 63.5 Å². The van der Waals surface area contributed by atoms with Crippen LogP contribution in [-0.2, 0) is 20.1 Å². The molecule has 1 aromatic heterocycles. The highest BCUT2D eigenvalue weighted by Gasteiger charge is 2.05. The third kappa shape index (κ3) is 4.89. The molecule has 0 aliphatic heterocycles. The summed E-state index contributed by atoms with van der Waals surface area (Å²) in [6, 6.07) is 7.53. The molecule has 23 heavy (non-hydrogen) atoms. The second-order valence-corrected chi connectivity index (χ2v) is 5.39. The molecule has 6 nitrogen and oxygen atoms in total. The summed E-state index contributed by atoms with van der Waals surface area (Å²) < 4.78 is 7.18. The van der Waals surface area contributed by atoms with Crippen LogP contribution in [0.1, 0.15) is 18.2 Å². The third-order valence-corrected chi connectivity index (χ3v) is 3.60. The second kappa shape index (κ2) is 8.43. The van der Waals surface area contributed by atoms with E-state index in [1.165, 1.54) is 0 Å². The predicted octanol–water partition coefficient (Wildman–Crippen LogP) is 2.34. The van der Waals surface area contributed by atoms with Crippen LogP contribution in [0.5, 0.6) is 5.75 Å². The standard InChI is InChI=1S/C16H22ClN5O/c1-4-18-16(20-11-14-7-8-21-22(14)2)19-10-12-5-6-13(17)9-15(12)23-3/h5-9H,4,10-11H2,1-3H3,(H2,18,19,20). The maximum atomic E-state index is 5.98. The first-order chi connectivity index (χ1) is 11.1. The molecular weight excluding hydrogens is 314 g/mol. The Morgan fingerprint density at radius 2 is 2.17 bits per heavy atom. The van der Waals surface area contributed by atoms with Gasteiger partial charge < -0.3 is 15.4 Å². The number of halogens is 1. The van der Waals surface area contributed by atoms with Crippen LogP contribution >= 0.6 is 11.6 Å². The van der Waals surface area contributed by atoms with Crippen molar-refractivity contribution in [3.63, 3.8) is 0 Å². The van der Waals surface area contributed by atoms with E-state index in [1.54, 1.807) is 19.4 Å². The molecule has 0 radical (unpaired) electrons. The van der Waals surface area contributed by atoms with Crippen molar-refractivity contribution in [2.24, 2.45) is 12.0 Å². The molecule has 0 amide bonds. The fourth-order valence-electron chi connectivity index (χ4n) is 2.10. The number of aromatic nitrogens is 2. The minimum atomic E-state index is 0.501. The van der Waals surface area contributed by atoms with Crippen LogP contribution in [0.4, 0.5) is 0 Å². The van der Waals surface area contributed by atoms with Gasteiger partial charge in [-0.1, -0.05) is 17.7 Å². The van der Waals surface area contributed by atoms with Gasteiger partial charge >= 0.3 is 0 Å². The summed E-state index contributed by atoms with van der Waals surface area (Å²) in [4.78, 5) is 4.59. The van der Waals surface area contributed by atoms with E-state index in [1.807, 2.05) is 36.9 Å². The van der Waals surface area contributed by atoms with Crippen LogP contribution in [0.25, 0.3) is 0 Å². The van der Waals surface area contributed by atoms with Crippen molar-refractivity contribution in [3.05, 3.63) is 46.7 Å². The quantitative estimate of drug-likeness (QED) is 0.628. The van der Waals surface area contributed by atoms with Crippen LogP contribution < -0.4 is 15.4 Å². The van der Waals surface area contributed by atoms with Crippen LogP contribution in [0.15, 0.2) is 35.5 Å². The van der Waals surface area contributed by atoms with Crippen molar-refractivity contribution < 1.29 is 4.74 Å². The lowest BCUT2D eigenvalue weighted by atomic mass is 10.2. The Morgan fingerprint density at radius 1 is 1.35 bits per heavy atom. The molecule has 0 aliphatic rings. The van der Waals surface area contributed by atoms with E-state index < -0.39 is 0 Å². The van der Waals surface area contributed by atoms with Gasteiger partial charge in [0.25, 0.3) is 0 Å². The van der Waals surface area contributed by atoms with Crippen LogP contribution in [-0.4, -0.2) is 29.4 Å². The zero-order chi connectivity index (χ0) is 16.7. The minimum Gasteiger partial charge on any atom is -0.496 e. The maximum absolute atomic E-state index is 5.98. The largest absolute Gasteiger partial charge is 0.496 e. The fourth-order valence-corrected chi connectivity index (χ4v) is 2.27. The average Bonchev–Trinajstić information content (AvgIpc) is 2.96. The first kappa shape index (κ1) is 17.1. The first-order valence-electron chi connectivity index (χ1n) is 7.45. The summed E-state index contributed by atoms with van der Waals surface area (Å²) >= 11 is 5.98. The molecule has 0 saturated carbocycles. The van der Waals surface area contributed by atoms with Gasteiger partial charge in [0.2, 0.25) is 0 Å². The predicted molar refractivity (Wildman–Crippen MR) is 92.9 cm³/mol. The number of methoxy groups -OCH3 is 1. The number of rotatable bonds is 6. The Labute approximate surface area is 141 Å². The Hall–Kier alpha value is -2.21. The van der Waals surface area contributed by atoms with Crippen molar-refractivity contribution >= 4 is 17.6 Å². The van der Waals surface area contributed by atoms with Gasteiger partial charge in [0.05, 0.1) is 25.9 Å².